The molecule has 5 aromatic rings. The molecule has 0 aliphatic rings. The number of rotatable bonds is 6. The molecule has 0 saturated heterocycles. The number of hydrogen-bond acceptors (Lipinski definition) is 6. The average molecular weight is 496 g/mol. The normalized spacial score (nSPS) is 12.2. The molecule has 186 valence electrons. The molecule has 0 aliphatic carbocycles. The summed E-state index contributed by atoms with van der Waals surface area (Å²) >= 11 is 0. The van der Waals surface area contributed by atoms with Crippen molar-refractivity contribution in [1.82, 2.24) is 29.5 Å². The molecule has 5 rings (SSSR count). The van der Waals surface area contributed by atoms with Gasteiger partial charge in [0, 0.05) is 24.4 Å². The first-order chi connectivity index (χ1) is 17.0. The Hall–Kier alpha value is -3.99. The van der Waals surface area contributed by atoms with Crippen molar-refractivity contribution >= 4 is 11.1 Å². The number of aromatic nitrogens is 6. The first kappa shape index (κ1) is 23.7. The Kier molecular flexibility index (Phi) is 5.67. The van der Waals surface area contributed by atoms with Crippen LogP contribution in [0.2, 0.25) is 0 Å². The van der Waals surface area contributed by atoms with Crippen LogP contribution < -0.4 is 0 Å². The van der Waals surface area contributed by atoms with Gasteiger partial charge in [0.25, 0.3) is 6.43 Å². The molecule has 0 radical (unpaired) electrons. The van der Waals surface area contributed by atoms with Crippen molar-refractivity contribution in [2.24, 2.45) is 7.05 Å². The molecule has 0 amide bonds. The number of furan rings is 1. The van der Waals surface area contributed by atoms with Crippen LogP contribution in [0.25, 0.3) is 44.9 Å². The van der Waals surface area contributed by atoms with Crippen LogP contribution in [0.15, 0.2) is 47.3 Å². The van der Waals surface area contributed by atoms with Crippen molar-refractivity contribution in [3.63, 3.8) is 0 Å². The highest BCUT2D eigenvalue weighted by Crippen LogP contribution is 2.40. The van der Waals surface area contributed by atoms with Gasteiger partial charge in [0.05, 0.1) is 34.5 Å². The summed E-state index contributed by atoms with van der Waals surface area (Å²) in [5.74, 6) is -0.193. The lowest BCUT2D eigenvalue weighted by Gasteiger charge is -2.16. The van der Waals surface area contributed by atoms with Gasteiger partial charge in [-0.2, -0.15) is 10.2 Å². The fourth-order valence-corrected chi connectivity index (χ4v) is 4.32. The van der Waals surface area contributed by atoms with Crippen molar-refractivity contribution in [3.8, 4) is 33.8 Å². The molecule has 8 nitrogen and oxygen atoms in total. The Morgan fingerprint density at radius 1 is 1.08 bits per heavy atom. The van der Waals surface area contributed by atoms with Gasteiger partial charge in [-0.3, -0.25) is 9.36 Å². The number of aryl methyl sites for hydroxylation is 2. The van der Waals surface area contributed by atoms with Gasteiger partial charge in [-0.25, -0.2) is 23.1 Å². The molecule has 1 N–H and O–H groups in total. The zero-order valence-electron chi connectivity index (χ0n) is 20.0. The van der Waals surface area contributed by atoms with Gasteiger partial charge in [-0.1, -0.05) is 0 Å². The molecule has 0 bridgehead atoms. The van der Waals surface area contributed by atoms with E-state index in [-0.39, 0.29) is 35.1 Å². The van der Waals surface area contributed by atoms with E-state index < -0.39 is 12.0 Å². The summed E-state index contributed by atoms with van der Waals surface area (Å²) in [4.78, 5) is 8.65. The van der Waals surface area contributed by atoms with Crippen LogP contribution in [0.1, 0.15) is 31.7 Å². The van der Waals surface area contributed by atoms with Gasteiger partial charge < -0.3 is 9.52 Å². The summed E-state index contributed by atoms with van der Waals surface area (Å²) < 4.78 is 49.8. The van der Waals surface area contributed by atoms with Gasteiger partial charge in [-0.05, 0) is 51.1 Å². The van der Waals surface area contributed by atoms with Crippen LogP contribution in [0, 0.1) is 12.7 Å². The molecule has 0 aliphatic heterocycles. The molecule has 0 spiro atoms. The number of hydrogen-bond donors (Lipinski definition) is 1. The van der Waals surface area contributed by atoms with Crippen molar-refractivity contribution in [2.45, 2.75) is 39.3 Å². The molecule has 1 aromatic carbocycles. The van der Waals surface area contributed by atoms with Gasteiger partial charge in [0.15, 0.2) is 0 Å². The molecule has 0 saturated carbocycles. The predicted octanol–water partition coefficient (Wildman–Crippen LogP) is 5.31. The minimum absolute atomic E-state index is 0.193. The van der Waals surface area contributed by atoms with Gasteiger partial charge in [0.1, 0.15) is 29.3 Å². The largest absolute Gasteiger partial charge is 0.437 e. The van der Waals surface area contributed by atoms with E-state index in [9.17, 15) is 18.3 Å². The zero-order chi connectivity index (χ0) is 25.8. The summed E-state index contributed by atoms with van der Waals surface area (Å²) in [6, 6.07) is 7.47. The quantitative estimate of drug-likeness (QED) is 0.342. The van der Waals surface area contributed by atoms with Gasteiger partial charge >= 0.3 is 0 Å². The Morgan fingerprint density at radius 2 is 1.81 bits per heavy atom. The van der Waals surface area contributed by atoms with Crippen LogP contribution in [-0.2, 0) is 13.6 Å². The zero-order valence-corrected chi connectivity index (χ0v) is 20.0. The van der Waals surface area contributed by atoms with Gasteiger partial charge in [0.2, 0.25) is 5.71 Å². The smallest absolute Gasteiger partial charge is 0.280 e. The van der Waals surface area contributed by atoms with E-state index in [0.29, 0.717) is 33.6 Å². The highest BCUT2D eigenvalue weighted by atomic mass is 19.3. The second-order valence-corrected chi connectivity index (χ2v) is 9.23. The highest BCUT2D eigenvalue weighted by Gasteiger charge is 2.27. The predicted molar refractivity (Wildman–Crippen MR) is 127 cm³/mol. The fraction of sp³-hybridized carbons (Fsp3) is 0.280. The molecule has 0 fully saturated rings. The number of aliphatic hydroxyl groups is 1. The van der Waals surface area contributed by atoms with E-state index in [1.807, 2.05) is 0 Å². The van der Waals surface area contributed by atoms with Crippen molar-refractivity contribution in [1.29, 1.82) is 0 Å². The number of alkyl halides is 2. The van der Waals surface area contributed by atoms with Crippen LogP contribution in [0.4, 0.5) is 13.2 Å². The maximum atomic E-state index is 13.8. The lowest BCUT2D eigenvalue weighted by molar-refractivity contribution is 0.0578. The molecule has 36 heavy (non-hydrogen) atoms. The van der Waals surface area contributed by atoms with E-state index >= 15 is 0 Å². The van der Waals surface area contributed by atoms with Crippen LogP contribution in [0.5, 0.6) is 0 Å². The third-order valence-corrected chi connectivity index (χ3v) is 5.73. The summed E-state index contributed by atoms with van der Waals surface area (Å²) in [5.41, 5.74) is 1.69. The minimum Gasteiger partial charge on any atom is -0.437 e. The minimum atomic E-state index is -2.75. The fourth-order valence-electron chi connectivity index (χ4n) is 4.32. The van der Waals surface area contributed by atoms with Crippen LogP contribution >= 0.6 is 0 Å². The lowest BCUT2D eigenvalue weighted by atomic mass is 10.0. The SMILES string of the molecule is Cc1nn(C)c(C(F)F)c1-c1cc2c(-c3cn(CC(C)(C)O)nc3-c3ccc(F)cc3)ncnc2o1. The maximum Gasteiger partial charge on any atom is 0.280 e. The monoisotopic (exact) mass is 496 g/mol. The third-order valence-electron chi connectivity index (χ3n) is 5.73. The summed E-state index contributed by atoms with van der Waals surface area (Å²) in [7, 11) is 1.46. The number of benzene rings is 1. The van der Waals surface area contributed by atoms with Crippen LogP contribution in [-0.4, -0.2) is 40.2 Å². The Morgan fingerprint density at radius 3 is 2.47 bits per heavy atom. The van der Waals surface area contributed by atoms with E-state index in [4.69, 9.17) is 4.42 Å². The van der Waals surface area contributed by atoms with E-state index in [0.717, 1.165) is 4.68 Å². The molecular formula is C25H23F3N6O2. The first-order valence-corrected chi connectivity index (χ1v) is 11.1. The highest BCUT2D eigenvalue weighted by molar-refractivity contribution is 5.96. The molecular weight excluding hydrogens is 473 g/mol. The topological polar surface area (TPSA) is 94.8 Å². The summed E-state index contributed by atoms with van der Waals surface area (Å²) in [5, 5.41) is 19.6. The van der Waals surface area contributed by atoms with Gasteiger partial charge in [-0.15, -0.1) is 0 Å². The van der Waals surface area contributed by atoms with Crippen molar-refractivity contribution in [2.75, 3.05) is 0 Å². The molecule has 11 heteroatoms. The molecule has 0 atom stereocenters. The third kappa shape index (κ3) is 4.26. The maximum absolute atomic E-state index is 13.8. The second-order valence-electron chi connectivity index (χ2n) is 9.23. The lowest BCUT2D eigenvalue weighted by Crippen LogP contribution is -2.26. The number of nitrogens with zero attached hydrogens (tertiary/aromatic N) is 6. The van der Waals surface area contributed by atoms with Crippen molar-refractivity contribution in [3.05, 3.63) is 60.1 Å². The van der Waals surface area contributed by atoms with E-state index in [1.165, 1.54) is 25.5 Å². The molecule has 0 unspecified atom stereocenters. The Labute approximate surface area is 204 Å². The Bertz CT molecular complexity index is 1560. The number of fused-ring (bicyclic) bond motifs is 1. The van der Waals surface area contributed by atoms with E-state index in [2.05, 4.69) is 20.2 Å². The molecule has 4 heterocycles. The Balaban J connectivity index is 1.71. The average Bonchev–Trinajstić information content (AvgIpc) is 3.47. The van der Waals surface area contributed by atoms with E-state index in [1.54, 1.807) is 49.8 Å². The first-order valence-electron chi connectivity index (χ1n) is 11.1. The van der Waals surface area contributed by atoms with Crippen molar-refractivity contribution < 1.29 is 22.7 Å². The van der Waals surface area contributed by atoms with Crippen LogP contribution in [0.3, 0.4) is 0 Å². The number of halogens is 3. The standard InChI is InChI=1S/C25H23F3N6O2/c1-13-19(22(23(27)28)33(4)31-13)18-9-16-21(29-12-30-24(16)36-18)17-10-34(11-25(2,3)35)32-20(17)14-5-7-15(26)8-6-14/h5-10,12,23,35H,11H2,1-4H3. The molecule has 4 aromatic heterocycles. The second kappa shape index (κ2) is 8.59. The summed E-state index contributed by atoms with van der Waals surface area (Å²) in [6.45, 7) is 5.15. The summed E-state index contributed by atoms with van der Waals surface area (Å²) in [6.07, 6.45) is 0.289.